The zero-order chi connectivity index (χ0) is 20.5. The summed E-state index contributed by atoms with van der Waals surface area (Å²) >= 11 is 12.4. The Bertz CT molecular complexity index is 1050. The molecule has 0 saturated carbocycles. The van der Waals surface area contributed by atoms with E-state index in [1.165, 1.54) is 12.1 Å². The third kappa shape index (κ3) is 3.64. The van der Waals surface area contributed by atoms with Gasteiger partial charge in [-0.1, -0.05) is 35.3 Å². The first-order valence-corrected chi connectivity index (χ1v) is 9.86. The van der Waals surface area contributed by atoms with Gasteiger partial charge in [-0.3, -0.25) is 9.89 Å². The van der Waals surface area contributed by atoms with E-state index in [9.17, 15) is 9.18 Å². The van der Waals surface area contributed by atoms with Crippen LogP contribution < -0.4 is 0 Å². The molecule has 0 saturated heterocycles. The molecule has 1 atom stereocenters. The molecule has 8 heteroatoms. The highest BCUT2D eigenvalue weighted by Gasteiger charge is 2.42. The normalized spacial score (nSPS) is 15.8. The molecule has 2 aromatic carbocycles. The van der Waals surface area contributed by atoms with Crippen molar-refractivity contribution in [2.75, 3.05) is 20.3 Å². The van der Waals surface area contributed by atoms with Crippen molar-refractivity contribution in [3.8, 4) is 11.3 Å². The maximum absolute atomic E-state index is 13.5. The van der Waals surface area contributed by atoms with E-state index in [-0.39, 0.29) is 11.7 Å². The number of carbonyl (C=O) groups excluding carboxylic acids is 1. The molecule has 0 fully saturated rings. The van der Waals surface area contributed by atoms with Crippen LogP contribution in [0.5, 0.6) is 0 Å². The van der Waals surface area contributed by atoms with Crippen molar-refractivity contribution in [3.63, 3.8) is 0 Å². The lowest BCUT2D eigenvalue weighted by molar-refractivity contribution is 0.0723. The van der Waals surface area contributed by atoms with Gasteiger partial charge in [0.2, 0.25) is 0 Å². The van der Waals surface area contributed by atoms with Crippen LogP contribution in [0.25, 0.3) is 11.3 Å². The number of nitrogens with one attached hydrogen (secondary N) is 1. The van der Waals surface area contributed by atoms with Crippen molar-refractivity contribution in [2.45, 2.75) is 12.5 Å². The molecule has 1 aliphatic rings. The Kier molecular flexibility index (Phi) is 5.58. The quantitative estimate of drug-likeness (QED) is 0.549. The summed E-state index contributed by atoms with van der Waals surface area (Å²) < 4.78 is 18.7. The summed E-state index contributed by atoms with van der Waals surface area (Å²) in [4.78, 5) is 14.9. The number of benzene rings is 2. The maximum Gasteiger partial charge on any atom is 0.273 e. The molecule has 1 aliphatic heterocycles. The number of methoxy groups -OCH3 is 1. The maximum atomic E-state index is 13.5. The molecule has 0 radical (unpaired) electrons. The monoisotopic (exact) mass is 433 g/mol. The molecule has 0 spiro atoms. The number of nitrogens with zero attached hydrogens (tertiary/aromatic N) is 2. The summed E-state index contributed by atoms with van der Waals surface area (Å²) in [6, 6.07) is 10.9. The summed E-state index contributed by atoms with van der Waals surface area (Å²) in [6.07, 6.45) is 0.675. The third-order valence-electron chi connectivity index (χ3n) is 4.98. The lowest BCUT2D eigenvalue weighted by Gasteiger charge is -2.26. The number of fused-ring (bicyclic) bond motifs is 1. The molecule has 5 nitrogen and oxygen atoms in total. The number of aromatic amines is 1. The SMILES string of the molecule is COCCCN1C(=O)c2[nH]nc(-c3ccc(Cl)cc3Cl)c2C1c1ccc(F)cc1. The van der Waals surface area contributed by atoms with Crippen molar-refractivity contribution in [1.29, 1.82) is 0 Å². The second-order valence-electron chi connectivity index (χ2n) is 6.78. The molecule has 150 valence electrons. The predicted octanol–water partition coefficient (Wildman–Crippen LogP) is 5.10. The number of halogens is 3. The van der Waals surface area contributed by atoms with Gasteiger partial charge in [-0.15, -0.1) is 0 Å². The second-order valence-corrected chi connectivity index (χ2v) is 7.63. The number of carbonyl (C=O) groups is 1. The third-order valence-corrected chi connectivity index (χ3v) is 5.53. The average molecular weight is 434 g/mol. The van der Waals surface area contributed by atoms with E-state index in [2.05, 4.69) is 10.2 Å². The van der Waals surface area contributed by atoms with Gasteiger partial charge in [-0.25, -0.2) is 4.39 Å². The van der Waals surface area contributed by atoms with E-state index in [1.807, 2.05) is 0 Å². The van der Waals surface area contributed by atoms with Gasteiger partial charge in [0.25, 0.3) is 5.91 Å². The average Bonchev–Trinajstić information content (AvgIpc) is 3.23. The molecule has 1 N–H and O–H groups in total. The van der Waals surface area contributed by atoms with Crippen LogP contribution in [0, 0.1) is 5.82 Å². The van der Waals surface area contributed by atoms with Gasteiger partial charge < -0.3 is 9.64 Å². The van der Waals surface area contributed by atoms with Crippen LogP contribution in [0.3, 0.4) is 0 Å². The van der Waals surface area contributed by atoms with Gasteiger partial charge in [0.05, 0.1) is 11.1 Å². The smallest absolute Gasteiger partial charge is 0.273 e. The predicted molar refractivity (Wildman–Crippen MR) is 110 cm³/mol. The molecule has 0 aliphatic carbocycles. The van der Waals surface area contributed by atoms with Gasteiger partial charge in [0.15, 0.2) is 0 Å². The van der Waals surface area contributed by atoms with Crippen LogP contribution >= 0.6 is 23.2 Å². The Morgan fingerprint density at radius 3 is 2.66 bits per heavy atom. The molecular weight excluding hydrogens is 416 g/mol. The topological polar surface area (TPSA) is 58.2 Å². The Labute approximate surface area is 177 Å². The van der Waals surface area contributed by atoms with Crippen molar-refractivity contribution < 1.29 is 13.9 Å². The largest absolute Gasteiger partial charge is 0.385 e. The van der Waals surface area contributed by atoms with Crippen LogP contribution in [0.1, 0.15) is 34.1 Å². The Balaban J connectivity index is 1.83. The Morgan fingerprint density at radius 2 is 1.97 bits per heavy atom. The standard InChI is InChI=1S/C21H18Cl2FN3O2/c1-29-10-2-9-27-20(12-3-6-14(24)7-4-12)17-18(25-26-19(17)21(27)28)15-8-5-13(22)11-16(15)23/h3-8,11,20H,2,9-10H2,1H3,(H,25,26). The fourth-order valence-corrected chi connectivity index (χ4v) is 4.18. The van der Waals surface area contributed by atoms with E-state index in [4.69, 9.17) is 27.9 Å². The summed E-state index contributed by atoms with van der Waals surface area (Å²) in [6.45, 7) is 1.02. The van der Waals surface area contributed by atoms with Crippen LogP contribution in [0.15, 0.2) is 42.5 Å². The molecule has 3 aromatic rings. The van der Waals surface area contributed by atoms with Gasteiger partial charge in [0, 0.05) is 36.4 Å². The zero-order valence-electron chi connectivity index (χ0n) is 15.6. The van der Waals surface area contributed by atoms with E-state index >= 15 is 0 Å². The van der Waals surface area contributed by atoms with Crippen molar-refractivity contribution >= 4 is 29.1 Å². The summed E-state index contributed by atoms with van der Waals surface area (Å²) in [5.41, 5.74) is 3.19. The first kappa shape index (κ1) is 19.9. The number of rotatable bonds is 6. The summed E-state index contributed by atoms with van der Waals surface area (Å²) in [7, 11) is 1.62. The summed E-state index contributed by atoms with van der Waals surface area (Å²) in [5.74, 6) is -0.494. The molecule has 1 aromatic heterocycles. The van der Waals surface area contributed by atoms with Gasteiger partial charge in [0.1, 0.15) is 17.2 Å². The highest BCUT2D eigenvalue weighted by molar-refractivity contribution is 6.36. The minimum absolute atomic E-state index is 0.158. The number of hydrogen-bond donors (Lipinski definition) is 1. The van der Waals surface area contributed by atoms with Gasteiger partial charge in [-0.05, 0) is 42.3 Å². The van der Waals surface area contributed by atoms with E-state index in [0.29, 0.717) is 46.6 Å². The van der Waals surface area contributed by atoms with E-state index < -0.39 is 6.04 Å². The Morgan fingerprint density at radius 1 is 1.21 bits per heavy atom. The Hall–Kier alpha value is -2.41. The number of aromatic nitrogens is 2. The summed E-state index contributed by atoms with van der Waals surface area (Å²) in [5, 5.41) is 8.20. The number of H-pyrrole nitrogens is 1. The highest BCUT2D eigenvalue weighted by atomic mass is 35.5. The first-order valence-electron chi connectivity index (χ1n) is 9.10. The second kappa shape index (κ2) is 8.14. The van der Waals surface area contributed by atoms with Crippen molar-refractivity contribution in [2.24, 2.45) is 0 Å². The number of hydrogen-bond acceptors (Lipinski definition) is 3. The molecule has 29 heavy (non-hydrogen) atoms. The minimum Gasteiger partial charge on any atom is -0.385 e. The number of ether oxygens (including phenoxy) is 1. The molecule has 1 unspecified atom stereocenters. The van der Waals surface area contributed by atoms with Crippen LogP contribution in [-0.2, 0) is 4.74 Å². The fraction of sp³-hybridized carbons (Fsp3) is 0.238. The fourth-order valence-electron chi connectivity index (χ4n) is 3.68. The zero-order valence-corrected chi connectivity index (χ0v) is 17.1. The first-order chi connectivity index (χ1) is 14.0. The molecule has 4 rings (SSSR count). The van der Waals surface area contributed by atoms with E-state index in [0.717, 1.165) is 11.1 Å². The molecule has 2 heterocycles. The molecule has 0 bridgehead atoms. The van der Waals surface area contributed by atoms with Crippen molar-refractivity contribution in [3.05, 3.63) is 75.1 Å². The minimum atomic E-state index is -0.407. The van der Waals surface area contributed by atoms with Gasteiger partial charge in [-0.2, -0.15) is 5.10 Å². The van der Waals surface area contributed by atoms with Crippen molar-refractivity contribution in [1.82, 2.24) is 15.1 Å². The lowest BCUT2D eigenvalue weighted by atomic mass is 9.96. The highest BCUT2D eigenvalue weighted by Crippen LogP contribution is 2.44. The van der Waals surface area contributed by atoms with Crippen LogP contribution in [0.4, 0.5) is 4.39 Å². The number of amides is 1. The van der Waals surface area contributed by atoms with Crippen LogP contribution in [-0.4, -0.2) is 41.3 Å². The van der Waals surface area contributed by atoms with E-state index in [1.54, 1.807) is 42.3 Å². The molecule has 1 amide bonds. The van der Waals surface area contributed by atoms with Crippen LogP contribution in [0.2, 0.25) is 10.0 Å². The lowest BCUT2D eigenvalue weighted by Crippen LogP contribution is -2.31. The van der Waals surface area contributed by atoms with Gasteiger partial charge >= 0.3 is 0 Å². The molecular formula is C21H18Cl2FN3O2.